The van der Waals surface area contributed by atoms with Crippen LogP contribution in [0, 0.1) is 0 Å². The number of ether oxygens (including phenoxy) is 1. The zero-order chi connectivity index (χ0) is 17.2. The van der Waals surface area contributed by atoms with E-state index in [1.54, 1.807) is 7.05 Å². The van der Waals surface area contributed by atoms with Crippen LogP contribution in [-0.2, 0) is 6.61 Å². The van der Waals surface area contributed by atoms with Crippen molar-refractivity contribution in [1.29, 1.82) is 0 Å². The van der Waals surface area contributed by atoms with Crippen LogP contribution in [0.5, 0.6) is 5.75 Å². The third kappa shape index (κ3) is 3.01. The summed E-state index contributed by atoms with van der Waals surface area (Å²) in [5.74, 6) is 0.865. The Bertz CT molecular complexity index is 703. The fraction of sp³-hybridized carbons (Fsp3) is 0.263. The van der Waals surface area contributed by atoms with E-state index in [1.165, 1.54) is 4.90 Å². The Morgan fingerprint density at radius 2 is 1.90 bits per heavy atom. The Labute approximate surface area is 130 Å². The highest BCUT2D eigenvalue weighted by Crippen LogP contribution is 2.36. The standard InChI is InChI=1S/C19H21NO/c1-20(2)13-7-11-17-16-9-4-3-8-15(16)14-21-19-12-6-5-10-18(17)19/h3-6,8-12H,7,13-14H2,1-2H3/b17-11-/i1D3. The Morgan fingerprint density at radius 3 is 2.76 bits per heavy atom. The molecular formula is C19H21NO. The maximum atomic E-state index is 7.45. The third-order valence-electron chi connectivity index (χ3n) is 3.68. The lowest BCUT2D eigenvalue weighted by Gasteiger charge is -2.12. The Balaban J connectivity index is 1.95. The van der Waals surface area contributed by atoms with E-state index in [0.29, 0.717) is 19.6 Å². The van der Waals surface area contributed by atoms with Crippen molar-refractivity contribution in [3.05, 3.63) is 71.3 Å². The van der Waals surface area contributed by atoms with Gasteiger partial charge in [-0.25, -0.2) is 0 Å². The molecule has 0 aliphatic carbocycles. The maximum Gasteiger partial charge on any atom is 0.127 e. The van der Waals surface area contributed by atoms with Gasteiger partial charge in [0.1, 0.15) is 12.4 Å². The summed E-state index contributed by atoms with van der Waals surface area (Å²) >= 11 is 0. The van der Waals surface area contributed by atoms with E-state index < -0.39 is 6.98 Å². The number of nitrogens with zero attached hydrogens (tertiary/aromatic N) is 1. The van der Waals surface area contributed by atoms with Gasteiger partial charge in [0, 0.05) is 16.2 Å². The molecule has 2 aromatic carbocycles. The number of fused-ring (bicyclic) bond motifs is 2. The van der Waals surface area contributed by atoms with Gasteiger partial charge in [0.15, 0.2) is 0 Å². The number of hydrogen-bond donors (Lipinski definition) is 0. The summed E-state index contributed by atoms with van der Waals surface area (Å²) in [7, 11) is 1.63. The summed E-state index contributed by atoms with van der Waals surface area (Å²) in [6, 6.07) is 16.2. The van der Waals surface area contributed by atoms with E-state index in [9.17, 15) is 0 Å². The molecule has 108 valence electrons. The first kappa shape index (κ1) is 10.6. The van der Waals surface area contributed by atoms with Crippen molar-refractivity contribution in [2.75, 3.05) is 20.6 Å². The smallest absolute Gasteiger partial charge is 0.127 e. The van der Waals surface area contributed by atoms with E-state index >= 15 is 0 Å². The van der Waals surface area contributed by atoms with Crippen LogP contribution in [0.1, 0.15) is 27.2 Å². The van der Waals surface area contributed by atoms with Crippen LogP contribution >= 0.6 is 0 Å². The molecule has 0 spiro atoms. The van der Waals surface area contributed by atoms with Crippen LogP contribution in [0.15, 0.2) is 54.6 Å². The van der Waals surface area contributed by atoms with Gasteiger partial charge in [-0.3, -0.25) is 0 Å². The zero-order valence-corrected chi connectivity index (χ0v) is 12.2. The summed E-state index contributed by atoms with van der Waals surface area (Å²) < 4.78 is 28.3. The lowest BCUT2D eigenvalue weighted by atomic mass is 9.93. The number of benzene rings is 2. The first-order valence-corrected chi connectivity index (χ1v) is 7.19. The van der Waals surface area contributed by atoms with Crippen molar-refractivity contribution < 1.29 is 8.85 Å². The summed E-state index contributed by atoms with van der Waals surface area (Å²) in [5.41, 5.74) is 4.46. The van der Waals surface area contributed by atoms with Crippen molar-refractivity contribution >= 4 is 5.57 Å². The molecule has 2 aromatic rings. The first-order chi connectivity index (χ1) is 11.5. The Morgan fingerprint density at radius 1 is 1.14 bits per heavy atom. The highest BCUT2D eigenvalue weighted by Gasteiger charge is 2.17. The van der Waals surface area contributed by atoms with Crippen LogP contribution in [-0.4, -0.2) is 25.5 Å². The van der Waals surface area contributed by atoms with Crippen molar-refractivity contribution in [1.82, 2.24) is 4.90 Å². The van der Waals surface area contributed by atoms with Gasteiger partial charge in [-0.05, 0) is 43.2 Å². The molecule has 0 saturated heterocycles. The molecule has 3 rings (SSSR count). The average molecular weight is 282 g/mol. The predicted octanol–water partition coefficient (Wildman–Crippen LogP) is 3.96. The van der Waals surface area contributed by atoms with Crippen LogP contribution in [0.3, 0.4) is 0 Å². The topological polar surface area (TPSA) is 12.5 Å². The fourth-order valence-electron chi connectivity index (χ4n) is 2.65. The van der Waals surface area contributed by atoms with E-state index in [1.807, 2.05) is 30.3 Å². The number of para-hydroxylation sites is 1. The molecule has 2 heteroatoms. The van der Waals surface area contributed by atoms with E-state index in [4.69, 9.17) is 8.85 Å². The van der Waals surface area contributed by atoms with Gasteiger partial charge >= 0.3 is 0 Å². The average Bonchev–Trinajstić information content (AvgIpc) is 2.72. The molecule has 0 radical (unpaired) electrons. The van der Waals surface area contributed by atoms with Crippen LogP contribution in [0.2, 0.25) is 0 Å². The van der Waals surface area contributed by atoms with Gasteiger partial charge in [-0.1, -0.05) is 48.5 Å². The lowest BCUT2D eigenvalue weighted by molar-refractivity contribution is 0.307. The fourth-order valence-corrected chi connectivity index (χ4v) is 2.65. The molecule has 2 nitrogen and oxygen atoms in total. The van der Waals surface area contributed by atoms with E-state index in [-0.39, 0.29) is 0 Å². The van der Waals surface area contributed by atoms with Crippen molar-refractivity contribution in [3.63, 3.8) is 0 Å². The van der Waals surface area contributed by atoms with Gasteiger partial charge in [-0.15, -0.1) is 0 Å². The maximum absolute atomic E-state index is 7.45. The molecule has 0 bridgehead atoms. The molecule has 0 amide bonds. The molecule has 1 aliphatic heterocycles. The first-order valence-electron chi connectivity index (χ1n) is 8.69. The minimum absolute atomic E-state index is 0.477. The predicted molar refractivity (Wildman–Crippen MR) is 87.5 cm³/mol. The quantitative estimate of drug-likeness (QED) is 0.845. The van der Waals surface area contributed by atoms with Gasteiger partial charge in [0.2, 0.25) is 0 Å². The molecule has 0 unspecified atom stereocenters. The molecule has 1 heterocycles. The van der Waals surface area contributed by atoms with Crippen molar-refractivity contribution in [2.24, 2.45) is 0 Å². The van der Waals surface area contributed by atoms with Crippen LogP contribution in [0.25, 0.3) is 5.57 Å². The number of hydrogen-bond acceptors (Lipinski definition) is 2. The summed E-state index contributed by atoms with van der Waals surface area (Å²) in [6.07, 6.45) is 2.78. The van der Waals surface area contributed by atoms with Crippen molar-refractivity contribution in [2.45, 2.75) is 13.0 Å². The van der Waals surface area contributed by atoms with E-state index in [2.05, 4.69) is 24.3 Å². The highest BCUT2D eigenvalue weighted by molar-refractivity contribution is 5.84. The monoisotopic (exact) mass is 282 g/mol. The minimum atomic E-state index is -2.05. The highest BCUT2D eigenvalue weighted by atomic mass is 16.5. The lowest BCUT2D eigenvalue weighted by Crippen LogP contribution is -2.12. The molecule has 0 aromatic heterocycles. The minimum Gasteiger partial charge on any atom is -0.488 e. The van der Waals surface area contributed by atoms with Crippen LogP contribution < -0.4 is 4.74 Å². The summed E-state index contributed by atoms with van der Waals surface area (Å²) in [5, 5.41) is 0. The zero-order valence-electron chi connectivity index (χ0n) is 15.2. The molecule has 0 N–H and O–H groups in total. The molecule has 1 aliphatic rings. The normalized spacial score (nSPS) is 18.0. The molecule has 0 atom stereocenters. The molecule has 0 fully saturated rings. The van der Waals surface area contributed by atoms with Gasteiger partial charge < -0.3 is 9.64 Å². The van der Waals surface area contributed by atoms with Crippen molar-refractivity contribution in [3.8, 4) is 5.75 Å². The molecule has 21 heavy (non-hydrogen) atoms. The Kier molecular flexibility index (Phi) is 3.11. The van der Waals surface area contributed by atoms with E-state index in [0.717, 1.165) is 28.0 Å². The van der Waals surface area contributed by atoms with Gasteiger partial charge in [0.25, 0.3) is 0 Å². The second-order valence-electron chi connectivity index (χ2n) is 5.27. The third-order valence-corrected chi connectivity index (χ3v) is 3.68. The number of rotatable bonds is 3. The molecular weight excluding hydrogens is 258 g/mol. The summed E-state index contributed by atoms with van der Waals surface area (Å²) in [4.78, 5) is 1.40. The SMILES string of the molecule is [2H]C([2H])([2H])N(C)CC/C=C1/c2ccccc2COc2ccccc21. The molecule has 0 saturated carbocycles. The second kappa shape index (κ2) is 6.15. The van der Waals surface area contributed by atoms with Crippen LogP contribution in [0.4, 0.5) is 0 Å². The second-order valence-corrected chi connectivity index (χ2v) is 5.27. The van der Waals surface area contributed by atoms with Gasteiger partial charge in [-0.2, -0.15) is 0 Å². The largest absolute Gasteiger partial charge is 0.488 e. The summed E-state index contributed by atoms with van der Waals surface area (Å²) in [6.45, 7) is -1.04. The van der Waals surface area contributed by atoms with Gasteiger partial charge in [0.05, 0.1) is 0 Å². The Hall–Kier alpha value is -2.06.